The highest BCUT2D eigenvalue weighted by Gasteiger charge is 2.23. The number of carbonyl (C=O) groups is 1. The van der Waals surface area contributed by atoms with E-state index in [1.807, 2.05) is 31.2 Å². The van der Waals surface area contributed by atoms with Crippen LogP contribution in [-0.4, -0.2) is 45.5 Å². The Bertz CT molecular complexity index is 731. The minimum Gasteiger partial charge on any atom is -0.396 e. The summed E-state index contributed by atoms with van der Waals surface area (Å²) in [4.78, 5) is 14.1. The maximum Gasteiger partial charge on any atom is 0.323 e. The largest absolute Gasteiger partial charge is 0.396 e. The number of hydrogen-bond donors (Lipinski definition) is 2. The second-order valence-corrected chi connectivity index (χ2v) is 6.51. The summed E-state index contributed by atoms with van der Waals surface area (Å²) in [5.41, 5.74) is 1.65. The molecule has 0 saturated carbocycles. The van der Waals surface area contributed by atoms with Gasteiger partial charge in [0, 0.05) is 31.5 Å². The van der Waals surface area contributed by atoms with Crippen molar-refractivity contribution in [1.82, 2.24) is 14.7 Å². The molecule has 1 aromatic carbocycles. The van der Waals surface area contributed by atoms with Crippen LogP contribution >= 0.6 is 11.6 Å². The molecule has 24 heavy (non-hydrogen) atoms. The van der Waals surface area contributed by atoms with Crippen LogP contribution in [-0.2, 0) is 0 Å². The first-order chi connectivity index (χ1) is 11.6. The molecule has 128 valence electrons. The summed E-state index contributed by atoms with van der Waals surface area (Å²) in [5.74, 6) is 0.649. The van der Waals surface area contributed by atoms with Crippen molar-refractivity contribution in [3.8, 4) is 5.69 Å². The molecule has 1 aromatic heterocycles. The highest BCUT2D eigenvalue weighted by Crippen LogP contribution is 2.23. The Morgan fingerprint density at radius 2 is 2.25 bits per heavy atom. The summed E-state index contributed by atoms with van der Waals surface area (Å²) >= 11 is 6.22. The van der Waals surface area contributed by atoms with Gasteiger partial charge in [-0.25, -0.2) is 9.48 Å². The summed E-state index contributed by atoms with van der Waals surface area (Å²) in [6, 6.07) is 9.07. The van der Waals surface area contributed by atoms with Gasteiger partial charge in [-0.15, -0.1) is 5.10 Å². The molecule has 1 aliphatic rings. The molecule has 6 nitrogen and oxygen atoms in total. The average Bonchev–Trinajstić information content (AvgIpc) is 2.95. The molecule has 2 N–H and O–H groups in total. The van der Waals surface area contributed by atoms with E-state index >= 15 is 0 Å². The molecule has 1 atom stereocenters. The third-order valence-electron chi connectivity index (χ3n) is 4.27. The highest BCUT2D eigenvalue weighted by molar-refractivity contribution is 6.32. The van der Waals surface area contributed by atoms with Gasteiger partial charge in [-0.3, -0.25) is 5.32 Å². The Morgan fingerprint density at radius 1 is 1.46 bits per heavy atom. The fourth-order valence-corrected chi connectivity index (χ4v) is 3.21. The lowest BCUT2D eigenvalue weighted by Crippen LogP contribution is -2.43. The van der Waals surface area contributed by atoms with Crippen LogP contribution in [0.4, 0.5) is 10.6 Å². The number of piperidine rings is 1. The number of aliphatic hydroxyl groups is 1. The Morgan fingerprint density at radius 3 is 3.00 bits per heavy atom. The van der Waals surface area contributed by atoms with Gasteiger partial charge in [-0.2, -0.15) is 0 Å². The second kappa shape index (κ2) is 7.23. The number of aromatic nitrogens is 2. The van der Waals surface area contributed by atoms with Crippen LogP contribution in [0.2, 0.25) is 5.02 Å². The number of para-hydroxylation sites is 1. The molecular weight excluding hydrogens is 328 g/mol. The molecule has 1 aliphatic heterocycles. The minimum absolute atomic E-state index is 0.115. The van der Waals surface area contributed by atoms with Gasteiger partial charge in [0.2, 0.25) is 0 Å². The second-order valence-electron chi connectivity index (χ2n) is 6.10. The maximum absolute atomic E-state index is 12.4. The van der Waals surface area contributed by atoms with E-state index in [0.29, 0.717) is 23.9 Å². The zero-order valence-electron chi connectivity index (χ0n) is 13.6. The van der Waals surface area contributed by atoms with Gasteiger partial charge >= 0.3 is 6.03 Å². The van der Waals surface area contributed by atoms with E-state index < -0.39 is 0 Å². The Hall–Kier alpha value is -2.05. The summed E-state index contributed by atoms with van der Waals surface area (Å²) < 4.78 is 1.71. The van der Waals surface area contributed by atoms with Crippen molar-refractivity contribution in [1.29, 1.82) is 0 Å². The summed E-state index contributed by atoms with van der Waals surface area (Å²) in [6.45, 7) is 3.30. The van der Waals surface area contributed by atoms with Crippen molar-refractivity contribution in [2.75, 3.05) is 25.0 Å². The molecule has 2 amide bonds. The number of amides is 2. The molecule has 2 aromatic rings. The first kappa shape index (κ1) is 16.8. The molecule has 0 bridgehead atoms. The number of aliphatic hydroxyl groups excluding tert-OH is 1. The molecule has 0 radical (unpaired) electrons. The topological polar surface area (TPSA) is 70.4 Å². The van der Waals surface area contributed by atoms with Crippen molar-refractivity contribution in [3.05, 3.63) is 41.0 Å². The van der Waals surface area contributed by atoms with Crippen molar-refractivity contribution >= 4 is 23.4 Å². The molecule has 3 rings (SSSR count). The predicted molar refractivity (Wildman–Crippen MR) is 93.7 cm³/mol. The van der Waals surface area contributed by atoms with E-state index in [9.17, 15) is 9.90 Å². The summed E-state index contributed by atoms with van der Waals surface area (Å²) in [5, 5.41) is 17.2. The van der Waals surface area contributed by atoms with Crippen molar-refractivity contribution in [3.63, 3.8) is 0 Å². The average molecular weight is 349 g/mol. The normalized spacial score (nSPS) is 17.8. The van der Waals surface area contributed by atoms with Gasteiger partial charge in [0.25, 0.3) is 0 Å². The first-order valence-corrected chi connectivity index (χ1v) is 8.44. The number of nitrogens with one attached hydrogen (secondary N) is 1. The van der Waals surface area contributed by atoms with E-state index in [2.05, 4.69) is 10.4 Å². The van der Waals surface area contributed by atoms with E-state index in [1.165, 1.54) is 0 Å². The number of rotatable bonds is 3. The number of halogens is 1. The number of anilines is 1. The standard InChI is InChI=1S/C17H21ClN4O2/c1-12-9-16(20-22(12)15-7-3-2-6-14(15)18)19-17(24)21-8-4-5-13(10-21)11-23/h2-3,6-7,9,13,23H,4-5,8,10-11H2,1H3,(H,19,20,24). The van der Waals surface area contributed by atoms with E-state index in [-0.39, 0.29) is 18.6 Å². The molecule has 0 aliphatic carbocycles. The quantitative estimate of drug-likeness (QED) is 0.895. The number of benzene rings is 1. The van der Waals surface area contributed by atoms with E-state index in [1.54, 1.807) is 15.6 Å². The molecular formula is C17H21ClN4O2. The number of nitrogens with zero attached hydrogens (tertiary/aromatic N) is 3. The molecule has 0 spiro atoms. The molecule has 2 heterocycles. The van der Waals surface area contributed by atoms with Gasteiger partial charge in [0.1, 0.15) is 0 Å². The number of carbonyl (C=O) groups excluding carboxylic acids is 1. The Labute approximate surface area is 146 Å². The van der Waals surface area contributed by atoms with Crippen LogP contribution < -0.4 is 5.32 Å². The van der Waals surface area contributed by atoms with Crippen molar-refractivity contribution < 1.29 is 9.90 Å². The molecule has 7 heteroatoms. The van der Waals surface area contributed by atoms with Crippen LogP contribution in [0.3, 0.4) is 0 Å². The summed E-state index contributed by atoms with van der Waals surface area (Å²) in [6.07, 6.45) is 1.87. The number of urea groups is 1. The van der Waals surface area contributed by atoms with Crippen molar-refractivity contribution in [2.24, 2.45) is 5.92 Å². The third-order valence-corrected chi connectivity index (χ3v) is 4.59. The molecule has 1 saturated heterocycles. The highest BCUT2D eigenvalue weighted by atomic mass is 35.5. The maximum atomic E-state index is 12.4. The number of aryl methyl sites for hydroxylation is 1. The summed E-state index contributed by atoms with van der Waals surface area (Å²) in [7, 11) is 0. The SMILES string of the molecule is Cc1cc(NC(=O)N2CCCC(CO)C2)nn1-c1ccccc1Cl. The third kappa shape index (κ3) is 3.55. The van der Waals surface area contributed by atoms with Crippen LogP contribution in [0.15, 0.2) is 30.3 Å². The first-order valence-electron chi connectivity index (χ1n) is 8.07. The number of likely N-dealkylation sites (tertiary alicyclic amines) is 1. The van der Waals surface area contributed by atoms with Crippen LogP contribution in [0, 0.1) is 12.8 Å². The zero-order chi connectivity index (χ0) is 17.1. The molecule has 1 unspecified atom stereocenters. The van der Waals surface area contributed by atoms with Gasteiger partial charge in [0.15, 0.2) is 5.82 Å². The van der Waals surface area contributed by atoms with Crippen LogP contribution in [0.25, 0.3) is 5.69 Å². The van der Waals surface area contributed by atoms with Gasteiger partial charge < -0.3 is 10.0 Å². The fourth-order valence-electron chi connectivity index (χ4n) is 2.99. The predicted octanol–water partition coefficient (Wildman–Crippen LogP) is 3.07. The fraction of sp³-hybridized carbons (Fsp3) is 0.412. The lowest BCUT2D eigenvalue weighted by molar-refractivity contribution is 0.136. The minimum atomic E-state index is -0.183. The van der Waals surface area contributed by atoms with Gasteiger partial charge in [-0.05, 0) is 37.8 Å². The Kier molecular flexibility index (Phi) is 5.06. The molecule has 1 fully saturated rings. The van der Waals surface area contributed by atoms with Gasteiger partial charge in [-0.1, -0.05) is 23.7 Å². The zero-order valence-corrected chi connectivity index (χ0v) is 14.3. The Balaban J connectivity index is 1.73. The number of hydrogen-bond acceptors (Lipinski definition) is 3. The van der Waals surface area contributed by atoms with Crippen LogP contribution in [0.1, 0.15) is 18.5 Å². The smallest absolute Gasteiger partial charge is 0.323 e. The lowest BCUT2D eigenvalue weighted by atomic mass is 9.99. The van der Waals surface area contributed by atoms with Crippen LogP contribution in [0.5, 0.6) is 0 Å². The lowest BCUT2D eigenvalue weighted by Gasteiger charge is -2.31. The van der Waals surface area contributed by atoms with Gasteiger partial charge in [0.05, 0.1) is 10.7 Å². The van der Waals surface area contributed by atoms with E-state index in [4.69, 9.17) is 11.6 Å². The monoisotopic (exact) mass is 348 g/mol. The van der Waals surface area contributed by atoms with E-state index in [0.717, 1.165) is 24.2 Å². The van der Waals surface area contributed by atoms with Crippen molar-refractivity contribution in [2.45, 2.75) is 19.8 Å².